The predicted molar refractivity (Wildman–Crippen MR) is 105 cm³/mol. The molecule has 2 aromatic heterocycles. The average Bonchev–Trinajstić information content (AvgIpc) is 3.06. The molecule has 0 atom stereocenters. The van der Waals surface area contributed by atoms with Crippen molar-refractivity contribution in [1.29, 1.82) is 0 Å². The van der Waals surface area contributed by atoms with Gasteiger partial charge in [0.2, 0.25) is 0 Å². The van der Waals surface area contributed by atoms with Crippen molar-refractivity contribution in [2.45, 2.75) is 6.92 Å². The number of rotatable bonds is 2. The fraction of sp³-hybridized carbons (Fsp3) is 0.0435. The zero-order valence-electron chi connectivity index (χ0n) is 14.3. The van der Waals surface area contributed by atoms with Crippen molar-refractivity contribution in [3.63, 3.8) is 0 Å². The Balaban J connectivity index is 1.67. The highest BCUT2D eigenvalue weighted by Crippen LogP contribution is 2.32. The summed E-state index contributed by atoms with van der Waals surface area (Å²) < 4.78 is 6.02. The third-order valence-electron chi connectivity index (χ3n) is 4.58. The molecule has 0 unspecified atom stereocenters. The van der Waals surface area contributed by atoms with Crippen molar-refractivity contribution in [1.82, 2.24) is 9.97 Å². The summed E-state index contributed by atoms with van der Waals surface area (Å²) in [5.74, 6) is 0.756. The van der Waals surface area contributed by atoms with Gasteiger partial charge in [-0.2, -0.15) is 0 Å². The number of fused-ring (bicyclic) bond motifs is 3. The highest BCUT2D eigenvalue weighted by Gasteiger charge is 2.10. The highest BCUT2D eigenvalue weighted by molar-refractivity contribution is 6.05. The second-order valence-corrected chi connectivity index (χ2v) is 6.36. The van der Waals surface area contributed by atoms with Crippen molar-refractivity contribution >= 4 is 21.9 Å². The molecule has 0 N–H and O–H groups in total. The topological polar surface area (TPSA) is 38.9 Å². The molecule has 0 aliphatic heterocycles. The molecule has 0 fully saturated rings. The summed E-state index contributed by atoms with van der Waals surface area (Å²) in [6.45, 7) is 1.93. The van der Waals surface area contributed by atoms with Gasteiger partial charge in [-0.05, 0) is 31.2 Å². The number of furan rings is 1. The van der Waals surface area contributed by atoms with Crippen LogP contribution in [0.5, 0.6) is 0 Å². The Morgan fingerprint density at radius 3 is 2.15 bits per heavy atom. The van der Waals surface area contributed by atoms with Gasteiger partial charge in [0.1, 0.15) is 17.0 Å². The van der Waals surface area contributed by atoms with Crippen LogP contribution < -0.4 is 0 Å². The van der Waals surface area contributed by atoms with E-state index in [4.69, 9.17) is 4.42 Å². The van der Waals surface area contributed by atoms with E-state index in [1.54, 1.807) is 0 Å². The molecule has 3 aromatic carbocycles. The summed E-state index contributed by atoms with van der Waals surface area (Å²) >= 11 is 0. The lowest BCUT2D eigenvalue weighted by Crippen LogP contribution is -1.94. The first-order valence-electron chi connectivity index (χ1n) is 8.61. The van der Waals surface area contributed by atoms with E-state index in [1.807, 2.05) is 49.4 Å². The summed E-state index contributed by atoms with van der Waals surface area (Å²) in [5.41, 5.74) is 5.73. The maximum atomic E-state index is 6.02. The minimum absolute atomic E-state index is 0.756. The van der Waals surface area contributed by atoms with Crippen molar-refractivity contribution in [2.24, 2.45) is 0 Å². The second-order valence-electron chi connectivity index (χ2n) is 6.36. The van der Waals surface area contributed by atoms with Gasteiger partial charge in [0.05, 0.1) is 11.4 Å². The molecule has 0 aliphatic carbocycles. The Bertz CT molecular complexity index is 1240. The van der Waals surface area contributed by atoms with Gasteiger partial charge in [-0.25, -0.2) is 9.97 Å². The molecule has 0 spiro atoms. The van der Waals surface area contributed by atoms with E-state index < -0.39 is 0 Å². The van der Waals surface area contributed by atoms with Crippen LogP contribution in [-0.4, -0.2) is 9.97 Å². The van der Waals surface area contributed by atoms with E-state index in [0.29, 0.717) is 0 Å². The van der Waals surface area contributed by atoms with Crippen molar-refractivity contribution in [3.05, 3.63) is 84.7 Å². The summed E-state index contributed by atoms with van der Waals surface area (Å²) in [6, 6.07) is 26.6. The van der Waals surface area contributed by atoms with Crippen LogP contribution >= 0.6 is 0 Å². The zero-order chi connectivity index (χ0) is 17.5. The van der Waals surface area contributed by atoms with Crippen LogP contribution in [0.4, 0.5) is 0 Å². The largest absolute Gasteiger partial charge is 0.456 e. The molecule has 0 bridgehead atoms. The molecular formula is C23H16N2O. The zero-order valence-corrected chi connectivity index (χ0v) is 14.3. The molecule has 2 heterocycles. The minimum Gasteiger partial charge on any atom is -0.456 e. The van der Waals surface area contributed by atoms with Crippen LogP contribution in [0, 0.1) is 6.92 Å². The molecular weight excluding hydrogens is 320 g/mol. The van der Waals surface area contributed by atoms with Gasteiger partial charge in [0.25, 0.3) is 0 Å². The monoisotopic (exact) mass is 336 g/mol. The van der Waals surface area contributed by atoms with Gasteiger partial charge in [-0.1, -0.05) is 54.6 Å². The van der Waals surface area contributed by atoms with Gasteiger partial charge < -0.3 is 4.42 Å². The summed E-state index contributed by atoms with van der Waals surface area (Å²) in [4.78, 5) is 9.23. The molecule has 0 saturated heterocycles. The fourth-order valence-electron chi connectivity index (χ4n) is 3.36. The third kappa shape index (κ3) is 2.45. The van der Waals surface area contributed by atoms with Gasteiger partial charge in [-0.15, -0.1) is 0 Å². The number of para-hydroxylation sites is 1. The van der Waals surface area contributed by atoms with E-state index >= 15 is 0 Å². The van der Waals surface area contributed by atoms with Crippen molar-refractivity contribution in [3.8, 4) is 22.5 Å². The SMILES string of the molecule is Cc1nc(-c2ccccc2)cc(-c2ccc3c(c2)oc2ccccc23)n1. The van der Waals surface area contributed by atoms with E-state index in [2.05, 4.69) is 46.4 Å². The molecule has 0 aliphatic rings. The molecule has 3 heteroatoms. The summed E-state index contributed by atoms with van der Waals surface area (Å²) in [7, 11) is 0. The van der Waals surface area contributed by atoms with Crippen molar-refractivity contribution < 1.29 is 4.42 Å². The van der Waals surface area contributed by atoms with Gasteiger partial charge >= 0.3 is 0 Å². The van der Waals surface area contributed by atoms with Crippen LogP contribution in [0.2, 0.25) is 0 Å². The molecule has 0 radical (unpaired) electrons. The summed E-state index contributed by atoms with van der Waals surface area (Å²) in [6.07, 6.45) is 0. The Labute approximate surface area is 151 Å². The van der Waals surface area contributed by atoms with Gasteiger partial charge in [0.15, 0.2) is 0 Å². The van der Waals surface area contributed by atoms with Crippen LogP contribution in [0.1, 0.15) is 5.82 Å². The number of hydrogen-bond acceptors (Lipinski definition) is 3. The smallest absolute Gasteiger partial charge is 0.136 e. The first-order valence-corrected chi connectivity index (χ1v) is 8.61. The minimum atomic E-state index is 0.756. The maximum absolute atomic E-state index is 6.02. The maximum Gasteiger partial charge on any atom is 0.136 e. The Morgan fingerprint density at radius 2 is 1.31 bits per heavy atom. The fourth-order valence-corrected chi connectivity index (χ4v) is 3.36. The highest BCUT2D eigenvalue weighted by atomic mass is 16.3. The Morgan fingerprint density at radius 1 is 0.615 bits per heavy atom. The molecule has 26 heavy (non-hydrogen) atoms. The Kier molecular flexibility index (Phi) is 3.32. The number of benzene rings is 3. The Hall–Kier alpha value is -3.46. The standard InChI is InChI=1S/C23H16N2O/c1-15-24-20(16-7-3-2-4-8-16)14-21(25-15)17-11-12-19-18-9-5-6-10-22(18)26-23(19)13-17/h2-14H,1H3. The van der Waals surface area contributed by atoms with Crippen LogP contribution in [0.3, 0.4) is 0 Å². The quantitative estimate of drug-likeness (QED) is 0.396. The van der Waals surface area contributed by atoms with E-state index in [-0.39, 0.29) is 0 Å². The van der Waals surface area contributed by atoms with Crippen LogP contribution in [0.15, 0.2) is 83.3 Å². The van der Waals surface area contributed by atoms with Gasteiger partial charge in [-0.3, -0.25) is 0 Å². The lowest BCUT2D eigenvalue weighted by molar-refractivity contribution is 0.669. The third-order valence-corrected chi connectivity index (χ3v) is 4.58. The lowest BCUT2D eigenvalue weighted by Gasteiger charge is -2.07. The molecule has 0 amide bonds. The number of hydrogen-bond donors (Lipinski definition) is 0. The van der Waals surface area contributed by atoms with Gasteiger partial charge in [0, 0.05) is 21.9 Å². The van der Waals surface area contributed by atoms with Crippen molar-refractivity contribution in [2.75, 3.05) is 0 Å². The molecule has 0 saturated carbocycles. The number of nitrogens with zero attached hydrogens (tertiary/aromatic N) is 2. The normalized spacial score (nSPS) is 11.3. The second kappa shape index (κ2) is 5.81. The number of aryl methyl sites for hydroxylation is 1. The first kappa shape index (κ1) is 14.8. The molecule has 5 aromatic rings. The first-order chi connectivity index (χ1) is 12.8. The average molecular weight is 336 g/mol. The van der Waals surface area contributed by atoms with E-state index in [0.717, 1.165) is 50.3 Å². The number of aromatic nitrogens is 2. The molecule has 5 rings (SSSR count). The van der Waals surface area contributed by atoms with Crippen LogP contribution in [0.25, 0.3) is 44.5 Å². The molecule has 124 valence electrons. The lowest BCUT2D eigenvalue weighted by atomic mass is 10.1. The van der Waals surface area contributed by atoms with Crippen LogP contribution in [-0.2, 0) is 0 Å². The van der Waals surface area contributed by atoms with E-state index in [1.165, 1.54) is 0 Å². The summed E-state index contributed by atoms with van der Waals surface area (Å²) in [5, 5.41) is 2.26. The predicted octanol–water partition coefficient (Wildman–Crippen LogP) is 6.02. The molecule has 3 nitrogen and oxygen atoms in total. The van der Waals surface area contributed by atoms with E-state index in [9.17, 15) is 0 Å².